The van der Waals surface area contributed by atoms with Gasteiger partial charge < -0.3 is 4.98 Å². The summed E-state index contributed by atoms with van der Waals surface area (Å²) in [5.74, 6) is 0. The highest BCUT2D eigenvalue weighted by Gasteiger charge is 2.20. The molecule has 0 atom stereocenters. The second-order valence-corrected chi connectivity index (χ2v) is 6.80. The van der Waals surface area contributed by atoms with E-state index in [4.69, 9.17) is 12.2 Å². The molecule has 0 unspecified atom stereocenters. The van der Waals surface area contributed by atoms with E-state index < -0.39 is 0 Å². The van der Waals surface area contributed by atoms with Gasteiger partial charge in [0.15, 0.2) is 4.77 Å². The molecule has 0 saturated carbocycles. The number of H-pyrrole nitrogens is 1. The van der Waals surface area contributed by atoms with Crippen LogP contribution >= 0.6 is 28.1 Å². The fourth-order valence-electron chi connectivity index (χ4n) is 1.98. The van der Waals surface area contributed by atoms with E-state index >= 15 is 0 Å². The van der Waals surface area contributed by atoms with Gasteiger partial charge in [-0.15, -0.1) is 0 Å². The topological polar surface area (TPSA) is 20.7 Å². The summed E-state index contributed by atoms with van der Waals surface area (Å²) in [4.78, 5) is 3.15. The molecule has 2 nitrogen and oxygen atoms in total. The molecule has 1 aromatic carbocycles. The van der Waals surface area contributed by atoms with Crippen molar-refractivity contribution in [2.24, 2.45) is 0 Å². The number of imidazole rings is 1. The molecule has 0 bridgehead atoms. The van der Waals surface area contributed by atoms with Gasteiger partial charge in [0.1, 0.15) is 0 Å². The normalized spacial score (nSPS) is 11.8. The molecule has 0 radical (unpaired) electrons. The summed E-state index contributed by atoms with van der Waals surface area (Å²) in [7, 11) is 0. The van der Waals surface area contributed by atoms with Gasteiger partial charge in [-0.3, -0.25) is 4.57 Å². The van der Waals surface area contributed by atoms with E-state index in [1.54, 1.807) is 0 Å². The Hall–Kier alpha value is -0.870. The van der Waals surface area contributed by atoms with Crippen molar-refractivity contribution >= 4 is 28.1 Å². The lowest BCUT2D eigenvalue weighted by atomic mass is 9.92. The van der Waals surface area contributed by atoms with Gasteiger partial charge in [-0.25, -0.2) is 0 Å². The van der Waals surface area contributed by atoms with Gasteiger partial charge in [0.2, 0.25) is 0 Å². The molecule has 1 heterocycles. The lowest BCUT2D eigenvalue weighted by Gasteiger charge is -2.21. The Labute approximate surface area is 121 Å². The summed E-state index contributed by atoms with van der Waals surface area (Å²) in [6, 6.07) is 6.25. The predicted molar refractivity (Wildman–Crippen MR) is 82.1 cm³/mol. The Bertz CT molecular complexity index is 632. The monoisotopic (exact) mass is 324 g/mol. The van der Waals surface area contributed by atoms with Crippen LogP contribution in [-0.2, 0) is 5.41 Å². The van der Waals surface area contributed by atoms with Gasteiger partial charge in [-0.1, -0.05) is 42.8 Å². The van der Waals surface area contributed by atoms with E-state index in [0.717, 1.165) is 14.9 Å². The number of aryl methyl sites for hydroxylation is 1. The zero-order chi connectivity index (χ0) is 13.5. The SMILES string of the molecule is Cc1ccc(Br)cc1-n1c(C(C)(C)C)c[nH]c1=S. The molecule has 1 aromatic heterocycles. The maximum atomic E-state index is 5.42. The lowest BCUT2D eigenvalue weighted by molar-refractivity contribution is 0.555. The van der Waals surface area contributed by atoms with Crippen molar-refractivity contribution in [1.29, 1.82) is 0 Å². The Morgan fingerprint density at radius 1 is 1.28 bits per heavy atom. The van der Waals surface area contributed by atoms with Crippen LogP contribution in [-0.4, -0.2) is 9.55 Å². The van der Waals surface area contributed by atoms with Crippen LogP contribution in [0.2, 0.25) is 0 Å². The first-order valence-corrected chi connectivity index (χ1v) is 7.08. The summed E-state index contributed by atoms with van der Waals surface area (Å²) in [5.41, 5.74) is 3.57. The molecule has 0 spiro atoms. The number of hydrogen-bond acceptors (Lipinski definition) is 1. The lowest BCUT2D eigenvalue weighted by Crippen LogP contribution is -2.17. The van der Waals surface area contributed by atoms with Crippen molar-refractivity contribution in [3.8, 4) is 5.69 Å². The minimum Gasteiger partial charge on any atom is -0.337 e. The Morgan fingerprint density at radius 3 is 2.56 bits per heavy atom. The first kappa shape index (κ1) is 13.6. The van der Waals surface area contributed by atoms with E-state index in [9.17, 15) is 0 Å². The minimum absolute atomic E-state index is 0.0440. The molecule has 0 amide bonds. The first-order valence-electron chi connectivity index (χ1n) is 5.88. The van der Waals surface area contributed by atoms with Crippen LogP contribution in [0.15, 0.2) is 28.9 Å². The summed E-state index contributed by atoms with van der Waals surface area (Å²) >= 11 is 8.94. The number of aromatic nitrogens is 2. The van der Waals surface area contributed by atoms with Crippen molar-refractivity contribution < 1.29 is 0 Å². The predicted octanol–water partition coefficient (Wildman–Crippen LogP) is 4.90. The molecule has 2 aromatic rings. The fourth-order valence-corrected chi connectivity index (χ4v) is 2.59. The zero-order valence-electron chi connectivity index (χ0n) is 11.0. The van der Waals surface area contributed by atoms with Crippen molar-refractivity contribution in [2.45, 2.75) is 33.1 Å². The number of hydrogen-bond donors (Lipinski definition) is 1. The van der Waals surface area contributed by atoms with Gasteiger partial charge >= 0.3 is 0 Å². The molecular formula is C14H17BrN2S. The maximum absolute atomic E-state index is 5.42. The first-order chi connectivity index (χ1) is 8.30. The Kier molecular flexibility index (Phi) is 3.52. The Morgan fingerprint density at radius 2 is 1.94 bits per heavy atom. The van der Waals surface area contributed by atoms with Crippen LogP contribution in [0, 0.1) is 11.7 Å². The number of rotatable bonds is 1. The molecule has 1 N–H and O–H groups in total. The number of nitrogens with zero attached hydrogens (tertiary/aromatic N) is 1. The van der Waals surface area contributed by atoms with E-state index in [1.165, 1.54) is 11.3 Å². The van der Waals surface area contributed by atoms with Crippen LogP contribution in [0.5, 0.6) is 0 Å². The molecule has 0 fully saturated rings. The van der Waals surface area contributed by atoms with Gasteiger partial charge in [-0.05, 0) is 36.8 Å². The summed E-state index contributed by atoms with van der Waals surface area (Å²) in [6.45, 7) is 8.67. The standard InChI is InChI=1S/C14H17BrN2S/c1-9-5-6-10(15)7-11(9)17-12(14(2,3)4)8-16-13(17)18/h5-8H,1-4H3,(H,16,18). The number of nitrogens with one attached hydrogen (secondary N) is 1. The fraction of sp³-hybridized carbons (Fsp3) is 0.357. The van der Waals surface area contributed by atoms with Crippen LogP contribution < -0.4 is 0 Å². The molecular weight excluding hydrogens is 308 g/mol. The number of aromatic amines is 1. The van der Waals surface area contributed by atoms with E-state index in [2.05, 4.69) is 65.3 Å². The average molecular weight is 325 g/mol. The highest BCUT2D eigenvalue weighted by atomic mass is 79.9. The third-order valence-electron chi connectivity index (χ3n) is 2.96. The Balaban J connectivity index is 2.75. The van der Waals surface area contributed by atoms with Crippen LogP contribution in [0.3, 0.4) is 0 Å². The number of benzene rings is 1. The highest BCUT2D eigenvalue weighted by molar-refractivity contribution is 9.10. The molecule has 0 aliphatic rings. The van der Waals surface area contributed by atoms with Gasteiger partial charge in [0.05, 0.1) is 5.69 Å². The highest BCUT2D eigenvalue weighted by Crippen LogP contribution is 2.28. The zero-order valence-corrected chi connectivity index (χ0v) is 13.4. The van der Waals surface area contributed by atoms with E-state index in [0.29, 0.717) is 0 Å². The van der Waals surface area contributed by atoms with Gasteiger partial charge in [0.25, 0.3) is 0 Å². The summed E-state index contributed by atoms with van der Waals surface area (Å²) in [6.07, 6.45) is 2.00. The van der Waals surface area contributed by atoms with Crippen molar-refractivity contribution in [1.82, 2.24) is 9.55 Å². The summed E-state index contributed by atoms with van der Waals surface area (Å²) < 4.78 is 3.92. The third kappa shape index (κ3) is 2.45. The van der Waals surface area contributed by atoms with Crippen molar-refractivity contribution in [3.63, 3.8) is 0 Å². The maximum Gasteiger partial charge on any atom is 0.182 e. The minimum atomic E-state index is 0.0440. The molecule has 2 rings (SSSR count). The largest absolute Gasteiger partial charge is 0.337 e. The number of halogens is 1. The molecule has 0 aliphatic carbocycles. The summed E-state index contributed by atoms with van der Waals surface area (Å²) in [5, 5.41) is 0. The molecule has 0 aliphatic heterocycles. The van der Waals surface area contributed by atoms with Crippen LogP contribution in [0.4, 0.5) is 0 Å². The smallest absolute Gasteiger partial charge is 0.182 e. The third-order valence-corrected chi connectivity index (χ3v) is 3.75. The van der Waals surface area contributed by atoms with Gasteiger partial charge in [0, 0.05) is 21.8 Å². The van der Waals surface area contributed by atoms with E-state index in [1.807, 2.05) is 12.3 Å². The molecule has 4 heteroatoms. The van der Waals surface area contributed by atoms with Crippen molar-refractivity contribution in [2.75, 3.05) is 0 Å². The quantitative estimate of drug-likeness (QED) is 0.739. The molecule has 96 valence electrons. The van der Waals surface area contributed by atoms with Crippen LogP contribution in [0.1, 0.15) is 32.0 Å². The van der Waals surface area contributed by atoms with Gasteiger partial charge in [-0.2, -0.15) is 0 Å². The second-order valence-electron chi connectivity index (χ2n) is 5.50. The molecule has 0 saturated heterocycles. The van der Waals surface area contributed by atoms with E-state index in [-0.39, 0.29) is 5.41 Å². The second kappa shape index (κ2) is 4.67. The van der Waals surface area contributed by atoms with Crippen LogP contribution in [0.25, 0.3) is 5.69 Å². The average Bonchev–Trinajstić information content (AvgIpc) is 2.63. The molecule has 18 heavy (non-hydrogen) atoms. The van der Waals surface area contributed by atoms with Crippen molar-refractivity contribution in [3.05, 3.63) is 44.9 Å².